The summed E-state index contributed by atoms with van der Waals surface area (Å²) in [5.41, 5.74) is 1.10. The summed E-state index contributed by atoms with van der Waals surface area (Å²) in [5.74, 6) is 0.894. The van der Waals surface area contributed by atoms with Crippen molar-refractivity contribution in [3.8, 4) is 0 Å². The van der Waals surface area contributed by atoms with Crippen LogP contribution in [0.5, 0.6) is 0 Å². The standard InChI is InChI=1S/C21H27ClN6O2/c1-2-17-7-3-4-9-27(17)21-19(28(29)30)20(23-15-24-21)26-12-10-25(11-13-26)18-8-5-6-16(22)14-18/h5-6,8,14-15,17H,2-4,7,9-13H2,1H3. The molecule has 1 aromatic carbocycles. The van der Waals surface area contributed by atoms with Crippen molar-refractivity contribution >= 4 is 34.6 Å². The zero-order chi connectivity index (χ0) is 21.1. The molecule has 2 aliphatic rings. The smallest absolute Gasteiger partial charge is 0.353 e. The molecule has 0 spiro atoms. The molecule has 4 rings (SSSR count). The van der Waals surface area contributed by atoms with E-state index in [4.69, 9.17) is 11.6 Å². The minimum absolute atomic E-state index is 0.0362. The van der Waals surface area contributed by atoms with Gasteiger partial charge < -0.3 is 14.7 Å². The molecule has 9 heteroatoms. The van der Waals surface area contributed by atoms with Crippen molar-refractivity contribution in [3.63, 3.8) is 0 Å². The number of piperidine rings is 1. The van der Waals surface area contributed by atoms with E-state index in [1.54, 1.807) is 0 Å². The topological polar surface area (TPSA) is 78.6 Å². The minimum atomic E-state index is -0.310. The number of nitro groups is 1. The fourth-order valence-electron chi connectivity index (χ4n) is 4.52. The Labute approximate surface area is 181 Å². The molecule has 0 N–H and O–H groups in total. The summed E-state index contributed by atoms with van der Waals surface area (Å²) in [6.07, 6.45) is 5.67. The fraction of sp³-hybridized carbons (Fsp3) is 0.524. The molecule has 2 saturated heterocycles. The van der Waals surface area contributed by atoms with Crippen LogP contribution in [0.4, 0.5) is 23.0 Å². The number of benzene rings is 1. The Bertz CT molecular complexity index is 903. The highest BCUT2D eigenvalue weighted by Gasteiger charge is 2.34. The Balaban J connectivity index is 1.58. The molecule has 0 radical (unpaired) electrons. The number of piperazine rings is 1. The van der Waals surface area contributed by atoms with Gasteiger partial charge in [0.25, 0.3) is 0 Å². The highest BCUT2D eigenvalue weighted by Crippen LogP contribution is 2.38. The van der Waals surface area contributed by atoms with Gasteiger partial charge in [-0.05, 0) is 43.9 Å². The summed E-state index contributed by atoms with van der Waals surface area (Å²) in [4.78, 5) is 26.9. The van der Waals surface area contributed by atoms with Gasteiger partial charge in [0.15, 0.2) is 0 Å². The third-order valence-electron chi connectivity index (χ3n) is 6.09. The highest BCUT2D eigenvalue weighted by molar-refractivity contribution is 6.30. The van der Waals surface area contributed by atoms with E-state index < -0.39 is 0 Å². The molecule has 160 valence electrons. The van der Waals surface area contributed by atoms with E-state index in [0.29, 0.717) is 35.8 Å². The van der Waals surface area contributed by atoms with Gasteiger partial charge in [-0.1, -0.05) is 24.6 Å². The van der Waals surface area contributed by atoms with E-state index in [0.717, 1.165) is 51.0 Å². The van der Waals surface area contributed by atoms with Gasteiger partial charge in [0, 0.05) is 49.5 Å². The Kier molecular flexibility index (Phi) is 6.22. The number of anilines is 3. The largest absolute Gasteiger partial charge is 0.368 e. The zero-order valence-electron chi connectivity index (χ0n) is 17.2. The molecule has 3 heterocycles. The molecule has 2 fully saturated rings. The Morgan fingerprint density at radius 3 is 2.53 bits per heavy atom. The predicted molar refractivity (Wildman–Crippen MR) is 120 cm³/mol. The van der Waals surface area contributed by atoms with Crippen LogP contribution >= 0.6 is 11.6 Å². The SMILES string of the molecule is CCC1CCCCN1c1ncnc(N2CCN(c3cccc(Cl)c3)CC2)c1[N+](=O)[O-]. The summed E-state index contributed by atoms with van der Waals surface area (Å²) in [6, 6.07) is 8.07. The maximum atomic E-state index is 12.1. The van der Waals surface area contributed by atoms with Crippen LogP contribution in [0.25, 0.3) is 0 Å². The minimum Gasteiger partial charge on any atom is -0.368 e. The molecule has 0 amide bonds. The Morgan fingerprint density at radius 2 is 1.83 bits per heavy atom. The van der Waals surface area contributed by atoms with Crippen molar-refractivity contribution in [2.45, 2.75) is 38.6 Å². The predicted octanol–water partition coefficient (Wildman–Crippen LogP) is 4.13. The van der Waals surface area contributed by atoms with Gasteiger partial charge in [0.05, 0.1) is 4.92 Å². The van der Waals surface area contributed by atoms with Crippen LogP contribution in [0.15, 0.2) is 30.6 Å². The number of rotatable bonds is 5. The average molecular weight is 431 g/mol. The number of halogens is 1. The van der Waals surface area contributed by atoms with Crippen molar-refractivity contribution in [1.82, 2.24) is 9.97 Å². The molecule has 30 heavy (non-hydrogen) atoms. The summed E-state index contributed by atoms with van der Waals surface area (Å²) >= 11 is 6.13. The van der Waals surface area contributed by atoms with Gasteiger partial charge in [-0.3, -0.25) is 10.1 Å². The summed E-state index contributed by atoms with van der Waals surface area (Å²) in [6.45, 7) is 5.74. The van der Waals surface area contributed by atoms with Gasteiger partial charge in [-0.25, -0.2) is 9.97 Å². The van der Waals surface area contributed by atoms with Crippen molar-refractivity contribution in [1.29, 1.82) is 0 Å². The molecule has 1 aromatic heterocycles. The molecular formula is C21H27ClN6O2. The quantitative estimate of drug-likeness (QED) is 0.521. The number of nitrogens with zero attached hydrogens (tertiary/aromatic N) is 6. The fourth-order valence-corrected chi connectivity index (χ4v) is 4.70. The molecule has 0 bridgehead atoms. The van der Waals surface area contributed by atoms with Crippen molar-refractivity contribution in [2.75, 3.05) is 47.4 Å². The molecule has 1 unspecified atom stereocenters. The van der Waals surface area contributed by atoms with Crippen LogP contribution in [0.3, 0.4) is 0 Å². The lowest BCUT2D eigenvalue weighted by molar-refractivity contribution is -0.383. The molecule has 2 aromatic rings. The molecule has 1 atom stereocenters. The van der Waals surface area contributed by atoms with Crippen molar-refractivity contribution < 1.29 is 4.92 Å². The first-order valence-electron chi connectivity index (χ1n) is 10.6. The Morgan fingerprint density at radius 1 is 1.10 bits per heavy atom. The van der Waals surface area contributed by atoms with Crippen LogP contribution < -0.4 is 14.7 Å². The zero-order valence-corrected chi connectivity index (χ0v) is 18.0. The second kappa shape index (κ2) is 9.04. The van der Waals surface area contributed by atoms with Gasteiger partial charge >= 0.3 is 5.69 Å². The molecule has 2 aliphatic heterocycles. The van der Waals surface area contributed by atoms with Gasteiger partial charge in [-0.15, -0.1) is 0 Å². The van der Waals surface area contributed by atoms with Crippen LogP contribution in [0, 0.1) is 10.1 Å². The lowest BCUT2D eigenvalue weighted by Gasteiger charge is -2.38. The number of hydrogen-bond donors (Lipinski definition) is 0. The van der Waals surface area contributed by atoms with E-state index in [-0.39, 0.29) is 10.6 Å². The molecule has 8 nitrogen and oxygen atoms in total. The van der Waals surface area contributed by atoms with E-state index in [1.807, 2.05) is 29.2 Å². The maximum absolute atomic E-state index is 12.1. The third-order valence-corrected chi connectivity index (χ3v) is 6.32. The summed E-state index contributed by atoms with van der Waals surface area (Å²) in [7, 11) is 0. The van der Waals surface area contributed by atoms with E-state index in [1.165, 1.54) is 6.33 Å². The summed E-state index contributed by atoms with van der Waals surface area (Å²) < 4.78 is 0. The van der Waals surface area contributed by atoms with E-state index >= 15 is 0 Å². The average Bonchev–Trinajstić information content (AvgIpc) is 2.78. The molecule has 0 aliphatic carbocycles. The first-order valence-corrected chi connectivity index (χ1v) is 11.0. The number of aromatic nitrogens is 2. The Hall–Kier alpha value is -2.61. The van der Waals surface area contributed by atoms with Crippen molar-refractivity contribution in [2.24, 2.45) is 0 Å². The summed E-state index contributed by atoms with van der Waals surface area (Å²) in [5, 5.41) is 12.8. The second-order valence-corrected chi connectivity index (χ2v) is 8.27. The van der Waals surface area contributed by atoms with Gasteiger partial charge in [-0.2, -0.15) is 0 Å². The van der Waals surface area contributed by atoms with Crippen LogP contribution in [0.2, 0.25) is 5.02 Å². The first kappa shape index (κ1) is 20.7. The van der Waals surface area contributed by atoms with Crippen LogP contribution in [-0.2, 0) is 0 Å². The normalized spacial score (nSPS) is 19.8. The van der Waals surface area contributed by atoms with E-state index in [2.05, 4.69) is 26.7 Å². The van der Waals surface area contributed by atoms with Gasteiger partial charge in [0.1, 0.15) is 6.33 Å². The monoisotopic (exact) mass is 430 g/mol. The molecule has 0 saturated carbocycles. The number of hydrogen-bond acceptors (Lipinski definition) is 7. The maximum Gasteiger partial charge on any atom is 0.353 e. The van der Waals surface area contributed by atoms with Gasteiger partial charge in [0.2, 0.25) is 11.6 Å². The highest BCUT2D eigenvalue weighted by atomic mass is 35.5. The lowest BCUT2D eigenvalue weighted by Crippen LogP contribution is -2.47. The van der Waals surface area contributed by atoms with Crippen LogP contribution in [-0.4, -0.2) is 53.7 Å². The molecular weight excluding hydrogens is 404 g/mol. The van der Waals surface area contributed by atoms with E-state index in [9.17, 15) is 10.1 Å². The first-order chi connectivity index (χ1) is 14.6. The third kappa shape index (κ3) is 4.14. The van der Waals surface area contributed by atoms with Crippen molar-refractivity contribution in [3.05, 3.63) is 45.7 Å². The van der Waals surface area contributed by atoms with Crippen LogP contribution in [0.1, 0.15) is 32.6 Å². The lowest BCUT2D eigenvalue weighted by atomic mass is 10.00. The second-order valence-electron chi connectivity index (χ2n) is 7.83.